The van der Waals surface area contributed by atoms with Gasteiger partial charge in [-0.25, -0.2) is 0 Å². The first-order valence-corrected chi connectivity index (χ1v) is 12.9. The van der Waals surface area contributed by atoms with Crippen LogP contribution in [0, 0.1) is 24.7 Å². The number of aryl methyl sites for hydroxylation is 1. The van der Waals surface area contributed by atoms with Gasteiger partial charge in [0.05, 0.1) is 0 Å². The van der Waals surface area contributed by atoms with Gasteiger partial charge in [0, 0.05) is 11.8 Å². The van der Waals surface area contributed by atoms with Gasteiger partial charge in [0.2, 0.25) is 0 Å². The predicted molar refractivity (Wildman–Crippen MR) is 149 cm³/mol. The number of benzene rings is 2. The Morgan fingerprint density at radius 2 is 1.71 bits per heavy atom. The van der Waals surface area contributed by atoms with Crippen LogP contribution in [0.1, 0.15) is 68.2 Å². The molecular weight excluding hydrogens is 408 g/mol. The monoisotopic (exact) mass is 448 g/mol. The number of allylic oxidation sites excluding steroid dienone is 6. The standard InChI is InChI=1S/C34H40/c1-8-9-24(5)32-25(6)19-31-21-30(20-28-12-10-23(4)11-13-28)26(7)33(31)34(32)29-16-14-27(15-17-29)18-22(2)3/h10-17,19-20,25,32-34H,2,5,7-9,18,21H2,1,3-4,6H3. The average Bonchev–Trinajstić information content (AvgIpc) is 3.09. The minimum atomic E-state index is 0.360. The number of hydrogen-bond donors (Lipinski definition) is 0. The van der Waals surface area contributed by atoms with Crippen LogP contribution in [0.4, 0.5) is 0 Å². The van der Waals surface area contributed by atoms with E-state index in [1.165, 1.54) is 44.5 Å². The summed E-state index contributed by atoms with van der Waals surface area (Å²) in [5, 5.41) is 0. The van der Waals surface area contributed by atoms with Crippen molar-refractivity contribution in [3.8, 4) is 0 Å². The van der Waals surface area contributed by atoms with Gasteiger partial charge in [0.15, 0.2) is 0 Å². The van der Waals surface area contributed by atoms with E-state index < -0.39 is 0 Å². The van der Waals surface area contributed by atoms with E-state index in [2.05, 4.69) is 108 Å². The molecule has 0 saturated heterocycles. The quantitative estimate of drug-likeness (QED) is 0.370. The van der Waals surface area contributed by atoms with Crippen LogP contribution in [0.25, 0.3) is 6.08 Å². The summed E-state index contributed by atoms with van der Waals surface area (Å²) < 4.78 is 0. The van der Waals surface area contributed by atoms with Gasteiger partial charge in [-0.1, -0.05) is 123 Å². The van der Waals surface area contributed by atoms with Crippen LogP contribution in [0.3, 0.4) is 0 Å². The molecule has 2 aliphatic carbocycles. The third kappa shape index (κ3) is 4.97. The highest BCUT2D eigenvalue weighted by Gasteiger charge is 2.45. The largest absolute Gasteiger partial charge is 0.0998 e. The summed E-state index contributed by atoms with van der Waals surface area (Å²) in [5.41, 5.74) is 12.2. The van der Waals surface area contributed by atoms with Crippen molar-refractivity contribution in [2.24, 2.45) is 17.8 Å². The predicted octanol–water partition coefficient (Wildman–Crippen LogP) is 9.41. The smallest absolute Gasteiger partial charge is 0.0123 e. The molecule has 0 amide bonds. The second kappa shape index (κ2) is 10.2. The molecule has 0 nitrogen and oxygen atoms in total. The molecule has 176 valence electrons. The fourth-order valence-corrected chi connectivity index (χ4v) is 6.18. The summed E-state index contributed by atoms with van der Waals surface area (Å²) in [5.74, 6) is 1.68. The molecule has 1 fully saturated rings. The van der Waals surface area contributed by atoms with Crippen LogP contribution in [-0.4, -0.2) is 0 Å². The van der Waals surface area contributed by atoms with Gasteiger partial charge in [-0.15, -0.1) is 0 Å². The molecule has 0 radical (unpaired) electrons. The van der Waals surface area contributed by atoms with Crippen molar-refractivity contribution < 1.29 is 0 Å². The van der Waals surface area contributed by atoms with Crippen LogP contribution in [0.5, 0.6) is 0 Å². The van der Waals surface area contributed by atoms with Gasteiger partial charge in [-0.2, -0.15) is 0 Å². The number of fused-ring (bicyclic) bond motifs is 1. The Morgan fingerprint density at radius 3 is 2.32 bits per heavy atom. The summed E-state index contributed by atoms with van der Waals surface area (Å²) in [6, 6.07) is 18.1. The second-order valence-electron chi connectivity index (χ2n) is 10.7. The first-order valence-electron chi connectivity index (χ1n) is 12.9. The van der Waals surface area contributed by atoms with Crippen molar-refractivity contribution in [1.29, 1.82) is 0 Å². The molecule has 2 aromatic rings. The Morgan fingerprint density at radius 1 is 1.03 bits per heavy atom. The normalized spacial score (nSPS) is 25.2. The Balaban J connectivity index is 1.74. The van der Waals surface area contributed by atoms with E-state index in [9.17, 15) is 0 Å². The molecule has 0 bridgehead atoms. The average molecular weight is 449 g/mol. The molecule has 4 atom stereocenters. The maximum Gasteiger partial charge on any atom is 0.0123 e. The van der Waals surface area contributed by atoms with Crippen molar-refractivity contribution in [2.75, 3.05) is 0 Å². The minimum Gasteiger partial charge on any atom is -0.0998 e. The molecule has 1 saturated carbocycles. The SMILES string of the molecule is C=C(C)Cc1ccc(C2C3C(=C)C(=Cc4ccc(C)cc4)CC3=CC(C)C2C(=C)CCC)cc1. The van der Waals surface area contributed by atoms with Crippen molar-refractivity contribution in [3.63, 3.8) is 0 Å². The first kappa shape index (κ1) is 24.3. The van der Waals surface area contributed by atoms with Crippen LogP contribution in [0.2, 0.25) is 0 Å². The van der Waals surface area contributed by atoms with Gasteiger partial charge >= 0.3 is 0 Å². The second-order valence-corrected chi connectivity index (χ2v) is 10.7. The van der Waals surface area contributed by atoms with E-state index in [0.717, 1.165) is 25.7 Å². The molecule has 0 aliphatic heterocycles. The van der Waals surface area contributed by atoms with E-state index in [0.29, 0.717) is 23.7 Å². The van der Waals surface area contributed by atoms with Gasteiger partial charge in [0.25, 0.3) is 0 Å². The van der Waals surface area contributed by atoms with E-state index >= 15 is 0 Å². The van der Waals surface area contributed by atoms with Crippen molar-refractivity contribution in [2.45, 2.75) is 59.3 Å². The lowest BCUT2D eigenvalue weighted by atomic mass is 9.62. The Labute approximate surface area is 207 Å². The van der Waals surface area contributed by atoms with Crippen LogP contribution in [0.15, 0.2) is 102 Å². The molecule has 0 N–H and O–H groups in total. The lowest BCUT2D eigenvalue weighted by Gasteiger charge is -2.41. The summed E-state index contributed by atoms with van der Waals surface area (Å²) in [4.78, 5) is 0. The lowest BCUT2D eigenvalue weighted by molar-refractivity contribution is 0.322. The van der Waals surface area contributed by atoms with Crippen LogP contribution >= 0.6 is 0 Å². The lowest BCUT2D eigenvalue weighted by Crippen LogP contribution is -2.31. The molecule has 34 heavy (non-hydrogen) atoms. The van der Waals surface area contributed by atoms with Gasteiger partial charge < -0.3 is 0 Å². The fourth-order valence-electron chi connectivity index (χ4n) is 6.18. The summed E-state index contributed by atoms with van der Waals surface area (Å²) in [6.07, 6.45) is 9.09. The maximum atomic E-state index is 4.68. The summed E-state index contributed by atoms with van der Waals surface area (Å²) in [6.45, 7) is 22.3. The van der Waals surface area contributed by atoms with Crippen LogP contribution < -0.4 is 0 Å². The number of hydrogen-bond acceptors (Lipinski definition) is 0. The molecule has 2 aliphatic rings. The Kier molecular flexibility index (Phi) is 7.27. The molecule has 0 spiro atoms. The Bertz CT molecular complexity index is 1130. The third-order valence-electron chi connectivity index (χ3n) is 7.70. The van der Waals surface area contributed by atoms with E-state index in [-0.39, 0.29) is 0 Å². The molecular formula is C34H40. The topological polar surface area (TPSA) is 0 Å². The molecule has 4 unspecified atom stereocenters. The highest BCUT2D eigenvalue weighted by Crippen LogP contribution is 2.56. The zero-order chi connectivity index (χ0) is 24.4. The summed E-state index contributed by atoms with van der Waals surface area (Å²) in [7, 11) is 0. The van der Waals surface area contributed by atoms with E-state index in [4.69, 9.17) is 0 Å². The molecule has 2 aromatic carbocycles. The fraction of sp³-hybridized carbons (Fsp3) is 0.353. The summed E-state index contributed by atoms with van der Waals surface area (Å²) >= 11 is 0. The van der Waals surface area contributed by atoms with Gasteiger partial charge in [-0.05, 0) is 72.8 Å². The highest BCUT2D eigenvalue weighted by atomic mass is 14.5. The van der Waals surface area contributed by atoms with Crippen molar-refractivity contribution in [1.82, 2.24) is 0 Å². The minimum absolute atomic E-state index is 0.360. The zero-order valence-electron chi connectivity index (χ0n) is 21.5. The van der Waals surface area contributed by atoms with Gasteiger partial charge in [-0.3, -0.25) is 0 Å². The van der Waals surface area contributed by atoms with E-state index in [1.54, 1.807) is 5.57 Å². The first-order chi connectivity index (χ1) is 16.3. The van der Waals surface area contributed by atoms with Crippen molar-refractivity contribution in [3.05, 3.63) is 124 Å². The van der Waals surface area contributed by atoms with Crippen LogP contribution in [-0.2, 0) is 6.42 Å². The highest BCUT2D eigenvalue weighted by molar-refractivity contribution is 5.65. The Hall–Kier alpha value is -2.86. The third-order valence-corrected chi connectivity index (χ3v) is 7.70. The van der Waals surface area contributed by atoms with Crippen molar-refractivity contribution >= 4 is 6.08 Å². The van der Waals surface area contributed by atoms with Gasteiger partial charge in [0.1, 0.15) is 0 Å². The molecule has 0 heterocycles. The maximum absolute atomic E-state index is 4.68. The molecule has 4 rings (SSSR count). The zero-order valence-corrected chi connectivity index (χ0v) is 21.5. The molecule has 0 aromatic heterocycles. The molecule has 0 heteroatoms. The van der Waals surface area contributed by atoms with E-state index in [1.807, 2.05) is 0 Å². The number of rotatable bonds is 7.